The first-order valence-corrected chi connectivity index (χ1v) is 14.8. The predicted octanol–water partition coefficient (Wildman–Crippen LogP) is 4.71. The van der Waals surface area contributed by atoms with Crippen LogP contribution in [-0.2, 0) is 27.0 Å². The quantitative estimate of drug-likeness (QED) is 0.167. The van der Waals surface area contributed by atoms with Crippen LogP contribution in [0.15, 0.2) is 51.9 Å². The van der Waals surface area contributed by atoms with Crippen LogP contribution < -0.4 is 4.74 Å². The van der Waals surface area contributed by atoms with Gasteiger partial charge in [0.05, 0.1) is 29.4 Å². The van der Waals surface area contributed by atoms with E-state index in [9.17, 15) is 27.6 Å². The molecule has 0 atom stereocenters. The molecule has 3 heterocycles. The summed E-state index contributed by atoms with van der Waals surface area (Å²) >= 11 is 1.14. The van der Waals surface area contributed by atoms with Crippen LogP contribution >= 0.6 is 11.8 Å². The Morgan fingerprint density at radius 2 is 1.82 bits per heavy atom. The van der Waals surface area contributed by atoms with Crippen molar-refractivity contribution in [1.29, 1.82) is 0 Å². The van der Waals surface area contributed by atoms with Crippen molar-refractivity contribution in [2.75, 3.05) is 45.1 Å². The second-order valence-corrected chi connectivity index (χ2v) is 11.6. The van der Waals surface area contributed by atoms with Gasteiger partial charge in [0.1, 0.15) is 29.9 Å². The summed E-state index contributed by atoms with van der Waals surface area (Å²) in [6, 6.07) is 9.29. The molecule has 15 heteroatoms. The summed E-state index contributed by atoms with van der Waals surface area (Å²) in [7, 11) is 0. The highest BCUT2D eigenvalue weighted by Gasteiger charge is 2.51. The Balaban J connectivity index is 1.32. The number of thioether (sulfide) groups is 1. The van der Waals surface area contributed by atoms with Gasteiger partial charge in [-0.05, 0) is 44.2 Å². The number of alkyl halides is 3. The maximum Gasteiger partial charge on any atom is 0.420 e. The minimum Gasteiger partial charge on any atom is -0.456 e. The summed E-state index contributed by atoms with van der Waals surface area (Å²) in [5.41, 5.74) is -2.18. The number of carbonyl (C=O) groups is 3. The molecular weight excluding hydrogens is 603 g/mol. The molecule has 0 bridgehead atoms. The highest BCUT2D eigenvalue weighted by atomic mass is 32.2. The summed E-state index contributed by atoms with van der Waals surface area (Å²) in [6.07, 6.45) is -4.09. The van der Waals surface area contributed by atoms with Gasteiger partial charge in [-0.1, -0.05) is 17.3 Å². The third kappa shape index (κ3) is 6.74. The summed E-state index contributed by atoms with van der Waals surface area (Å²) in [5.74, 6) is -0.872. The molecule has 44 heavy (non-hydrogen) atoms. The molecule has 2 aliphatic heterocycles. The topological polar surface area (TPSA) is 118 Å². The molecule has 0 unspecified atom stereocenters. The van der Waals surface area contributed by atoms with E-state index in [1.54, 1.807) is 32.0 Å². The molecule has 2 saturated heterocycles. The highest BCUT2D eigenvalue weighted by molar-refractivity contribution is 8.00. The maximum absolute atomic E-state index is 14.1. The van der Waals surface area contributed by atoms with Crippen LogP contribution in [0.3, 0.4) is 0 Å². The van der Waals surface area contributed by atoms with Crippen molar-refractivity contribution in [3.63, 3.8) is 0 Å². The van der Waals surface area contributed by atoms with Gasteiger partial charge in [0, 0.05) is 31.7 Å². The number of rotatable bonds is 11. The van der Waals surface area contributed by atoms with E-state index in [4.69, 9.17) is 14.0 Å². The summed E-state index contributed by atoms with van der Waals surface area (Å²) in [4.78, 5) is 46.6. The number of benzene rings is 2. The molecule has 3 amide bonds. The number of para-hydroxylation sites is 1. The van der Waals surface area contributed by atoms with Crippen molar-refractivity contribution >= 4 is 30.0 Å². The van der Waals surface area contributed by atoms with Gasteiger partial charge in [-0.2, -0.15) is 18.2 Å². The first-order chi connectivity index (χ1) is 21.0. The third-order valence-electron chi connectivity index (χ3n) is 7.33. The van der Waals surface area contributed by atoms with Crippen molar-refractivity contribution in [1.82, 2.24) is 24.8 Å². The van der Waals surface area contributed by atoms with Gasteiger partial charge in [0.25, 0.3) is 5.91 Å². The number of imide groups is 1. The molecule has 3 aromatic rings. The van der Waals surface area contributed by atoms with E-state index < -0.39 is 35.0 Å². The summed E-state index contributed by atoms with van der Waals surface area (Å²) < 4.78 is 58.6. The van der Waals surface area contributed by atoms with Gasteiger partial charge in [0.2, 0.25) is 11.7 Å². The second-order valence-electron chi connectivity index (χ2n) is 10.6. The van der Waals surface area contributed by atoms with Crippen molar-refractivity contribution in [2.24, 2.45) is 0 Å². The Morgan fingerprint density at radius 1 is 1.07 bits per heavy atom. The lowest BCUT2D eigenvalue weighted by Gasteiger charge is -2.32. The maximum atomic E-state index is 14.1. The number of halogens is 3. The molecule has 234 valence electrons. The fraction of sp³-hybridized carbons (Fsp3) is 0.414. The molecule has 0 aliphatic carbocycles. The lowest BCUT2D eigenvalue weighted by molar-refractivity contribution is -0.138. The van der Waals surface area contributed by atoms with Crippen LogP contribution in [-0.4, -0.2) is 93.7 Å². The monoisotopic (exact) mass is 633 g/mol. The van der Waals surface area contributed by atoms with E-state index in [0.29, 0.717) is 37.5 Å². The molecule has 0 spiro atoms. The summed E-state index contributed by atoms with van der Waals surface area (Å²) in [6.45, 7) is 6.59. The number of nitrogens with zero attached hydrogens (tertiary/aromatic N) is 5. The largest absolute Gasteiger partial charge is 0.456 e. The molecule has 1 aromatic heterocycles. The number of urea groups is 1. The molecule has 0 saturated carbocycles. The van der Waals surface area contributed by atoms with E-state index in [1.807, 2.05) is 0 Å². The lowest BCUT2D eigenvalue weighted by atomic mass is 10.0. The van der Waals surface area contributed by atoms with Gasteiger partial charge >= 0.3 is 12.2 Å². The van der Waals surface area contributed by atoms with Gasteiger partial charge in [-0.15, -0.1) is 11.8 Å². The third-order valence-corrected chi connectivity index (χ3v) is 8.28. The Bertz CT molecular complexity index is 1530. The number of ether oxygens (including phenoxy) is 2. The van der Waals surface area contributed by atoms with Crippen LogP contribution in [0.1, 0.15) is 25.3 Å². The standard InChI is InChI=1S/C29H30F3N5O6S/c1-28(2)26(39)36(27(40)37(28)10-9-35-11-14-41-15-12-35)18-24-33-25(34-43-24)19-7-8-21(20(17-19)29(30,31)32)42-22-5-3-4-6-23(22)44-16-13-38/h3-8,13,17H,9-12,14-16,18H2,1-2H3. The minimum absolute atomic E-state index is 0.00478. The van der Waals surface area contributed by atoms with Crippen LogP contribution in [0.2, 0.25) is 0 Å². The van der Waals surface area contributed by atoms with E-state index in [-0.39, 0.29) is 35.3 Å². The first kappa shape index (κ1) is 31.5. The second kappa shape index (κ2) is 13.0. The Labute approximate surface area is 255 Å². The SMILES string of the molecule is CC1(C)C(=O)N(Cc2nc(-c3ccc(Oc4ccccc4SCC=O)c(C(F)(F)F)c3)no2)C(=O)N1CCN1CCOCC1. The molecule has 2 fully saturated rings. The normalized spacial score (nSPS) is 17.4. The number of amides is 3. The molecule has 2 aromatic carbocycles. The molecular formula is C29H30F3N5O6S. The fourth-order valence-corrected chi connectivity index (χ4v) is 5.62. The number of hydrogen-bond donors (Lipinski definition) is 0. The first-order valence-electron chi connectivity index (χ1n) is 13.8. The average Bonchev–Trinajstić information content (AvgIpc) is 3.53. The van der Waals surface area contributed by atoms with Crippen LogP contribution in [0.25, 0.3) is 11.4 Å². The van der Waals surface area contributed by atoms with Gasteiger partial charge in [0.15, 0.2) is 0 Å². The van der Waals surface area contributed by atoms with Crippen molar-refractivity contribution < 1.29 is 41.6 Å². The van der Waals surface area contributed by atoms with Crippen molar-refractivity contribution in [3.8, 4) is 22.9 Å². The van der Waals surface area contributed by atoms with Crippen LogP contribution in [0.4, 0.5) is 18.0 Å². The Morgan fingerprint density at radius 3 is 2.55 bits per heavy atom. The van der Waals surface area contributed by atoms with E-state index >= 15 is 0 Å². The molecule has 0 N–H and O–H groups in total. The van der Waals surface area contributed by atoms with E-state index in [1.165, 1.54) is 17.0 Å². The molecule has 5 rings (SSSR count). The average molecular weight is 634 g/mol. The predicted molar refractivity (Wildman–Crippen MR) is 152 cm³/mol. The molecule has 11 nitrogen and oxygen atoms in total. The van der Waals surface area contributed by atoms with Gasteiger partial charge in [-0.3, -0.25) is 14.6 Å². The van der Waals surface area contributed by atoms with Crippen molar-refractivity contribution in [3.05, 3.63) is 53.9 Å². The highest BCUT2D eigenvalue weighted by Crippen LogP contribution is 2.42. The number of aromatic nitrogens is 2. The van der Waals surface area contributed by atoms with E-state index in [2.05, 4.69) is 15.0 Å². The number of carbonyl (C=O) groups excluding carboxylic acids is 3. The van der Waals surface area contributed by atoms with E-state index in [0.717, 1.165) is 41.9 Å². The smallest absolute Gasteiger partial charge is 0.420 e. The summed E-state index contributed by atoms with van der Waals surface area (Å²) in [5, 5.41) is 3.80. The number of aldehydes is 1. The Hall–Kier alpha value is -3.95. The van der Waals surface area contributed by atoms with Gasteiger partial charge in [-0.25, -0.2) is 4.79 Å². The number of morpholine rings is 1. The Kier molecular flexibility index (Phi) is 9.27. The minimum atomic E-state index is -4.78. The van der Waals surface area contributed by atoms with Crippen LogP contribution in [0.5, 0.6) is 11.5 Å². The fourth-order valence-electron chi connectivity index (χ4n) is 4.95. The zero-order valence-corrected chi connectivity index (χ0v) is 24.8. The zero-order chi connectivity index (χ0) is 31.5. The van der Waals surface area contributed by atoms with Crippen molar-refractivity contribution in [2.45, 2.75) is 37.0 Å². The van der Waals surface area contributed by atoms with Crippen LogP contribution in [0, 0.1) is 0 Å². The zero-order valence-electron chi connectivity index (χ0n) is 24.0. The molecule has 0 radical (unpaired) electrons. The lowest BCUT2D eigenvalue weighted by Crippen LogP contribution is -2.48. The number of hydrogen-bond acceptors (Lipinski definition) is 10. The van der Waals surface area contributed by atoms with Gasteiger partial charge < -0.3 is 23.7 Å². The molecule has 2 aliphatic rings.